The number of hydrogen-bond acceptors (Lipinski definition) is 4. The third kappa shape index (κ3) is 3.85. The number of carbonyl (C=O) groups excluding carboxylic acids is 2. The van der Waals surface area contributed by atoms with Gasteiger partial charge in [-0.25, -0.2) is 4.90 Å². The Morgan fingerprint density at radius 3 is 2.21 bits per heavy atom. The SMILES string of the molecule is CCSC1=C(c2ccc(C)c(C)c2)C(=O)N(c2ccc(OC(C)C)cc2)C1=O. The van der Waals surface area contributed by atoms with Gasteiger partial charge in [-0.05, 0) is 74.4 Å². The van der Waals surface area contributed by atoms with Crippen molar-refractivity contribution in [2.24, 2.45) is 0 Å². The first-order valence-corrected chi connectivity index (χ1v) is 10.4. The van der Waals surface area contributed by atoms with Crippen molar-refractivity contribution < 1.29 is 14.3 Å². The van der Waals surface area contributed by atoms with Crippen LogP contribution in [0.4, 0.5) is 5.69 Å². The summed E-state index contributed by atoms with van der Waals surface area (Å²) in [5, 5.41) is 0. The molecule has 0 aliphatic carbocycles. The molecule has 146 valence electrons. The van der Waals surface area contributed by atoms with E-state index < -0.39 is 0 Å². The molecular formula is C23H25NO3S. The summed E-state index contributed by atoms with van der Waals surface area (Å²) in [6.07, 6.45) is 0.0616. The van der Waals surface area contributed by atoms with Crippen LogP contribution in [0, 0.1) is 13.8 Å². The first kappa shape index (κ1) is 20.2. The number of amides is 2. The Kier molecular flexibility index (Phi) is 5.94. The number of anilines is 1. The fourth-order valence-electron chi connectivity index (χ4n) is 3.12. The van der Waals surface area contributed by atoms with E-state index in [9.17, 15) is 9.59 Å². The first-order valence-electron chi connectivity index (χ1n) is 9.43. The average Bonchev–Trinajstić information content (AvgIpc) is 2.88. The van der Waals surface area contributed by atoms with E-state index in [1.165, 1.54) is 16.7 Å². The Balaban J connectivity index is 2.00. The quantitative estimate of drug-likeness (QED) is 0.636. The lowest BCUT2D eigenvalue weighted by Gasteiger charge is -2.16. The molecule has 4 nitrogen and oxygen atoms in total. The summed E-state index contributed by atoms with van der Waals surface area (Å²) in [5.74, 6) is 0.894. The number of hydrogen-bond donors (Lipinski definition) is 0. The smallest absolute Gasteiger partial charge is 0.272 e. The fourth-order valence-corrected chi connectivity index (χ4v) is 3.97. The van der Waals surface area contributed by atoms with Crippen LogP contribution in [0.5, 0.6) is 5.75 Å². The molecule has 2 amide bonds. The number of imide groups is 1. The average molecular weight is 396 g/mol. The van der Waals surface area contributed by atoms with Gasteiger partial charge >= 0.3 is 0 Å². The normalized spacial score (nSPS) is 14.4. The summed E-state index contributed by atoms with van der Waals surface area (Å²) in [6.45, 7) is 9.93. The first-order chi connectivity index (χ1) is 13.3. The summed E-state index contributed by atoms with van der Waals surface area (Å²) in [4.78, 5) is 28.1. The fraction of sp³-hybridized carbons (Fsp3) is 0.304. The third-order valence-corrected chi connectivity index (χ3v) is 5.55. The lowest BCUT2D eigenvalue weighted by Crippen LogP contribution is -2.31. The Morgan fingerprint density at radius 1 is 0.964 bits per heavy atom. The van der Waals surface area contributed by atoms with Gasteiger partial charge in [-0.3, -0.25) is 9.59 Å². The maximum Gasteiger partial charge on any atom is 0.272 e. The van der Waals surface area contributed by atoms with E-state index in [4.69, 9.17) is 4.74 Å². The zero-order valence-electron chi connectivity index (χ0n) is 16.9. The lowest BCUT2D eigenvalue weighted by molar-refractivity contribution is -0.119. The van der Waals surface area contributed by atoms with Crippen molar-refractivity contribution in [1.29, 1.82) is 0 Å². The molecule has 2 aromatic carbocycles. The van der Waals surface area contributed by atoms with Crippen molar-refractivity contribution in [3.05, 3.63) is 64.1 Å². The van der Waals surface area contributed by atoms with Gasteiger partial charge < -0.3 is 4.74 Å². The summed E-state index contributed by atoms with van der Waals surface area (Å²) in [5.41, 5.74) is 4.09. The molecule has 0 N–H and O–H groups in total. The maximum atomic E-state index is 13.3. The molecule has 0 spiro atoms. The molecule has 0 radical (unpaired) electrons. The molecule has 1 aliphatic heterocycles. The van der Waals surface area contributed by atoms with Crippen molar-refractivity contribution in [3.63, 3.8) is 0 Å². The Morgan fingerprint density at radius 2 is 1.64 bits per heavy atom. The Hall–Kier alpha value is -2.53. The molecule has 5 heteroatoms. The highest BCUT2D eigenvalue weighted by molar-refractivity contribution is 8.04. The summed E-state index contributed by atoms with van der Waals surface area (Å²) < 4.78 is 5.66. The monoisotopic (exact) mass is 395 g/mol. The molecule has 0 saturated heterocycles. The minimum atomic E-state index is -0.276. The number of nitrogens with zero attached hydrogens (tertiary/aromatic N) is 1. The zero-order valence-corrected chi connectivity index (χ0v) is 17.7. The van der Waals surface area contributed by atoms with Crippen molar-refractivity contribution >= 4 is 34.8 Å². The number of thioether (sulfide) groups is 1. The molecule has 1 heterocycles. The van der Waals surface area contributed by atoms with Gasteiger partial charge in [-0.15, -0.1) is 11.8 Å². The van der Waals surface area contributed by atoms with E-state index in [0.717, 1.165) is 22.4 Å². The predicted molar refractivity (Wildman–Crippen MR) is 116 cm³/mol. The second kappa shape index (κ2) is 8.23. The maximum absolute atomic E-state index is 13.3. The molecule has 0 unspecified atom stereocenters. The minimum Gasteiger partial charge on any atom is -0.491 e. The minimum absolute atomic E-state index is 0.0616. The molecular weight excluding hydrogens is 370 g/mol. The standard InChI is InChI=1S/C23H25NO3S/c1-6-28-21-20(17-8-7-15(4)16(5)13-17)22(25)24(23(21)26)18-9-11-19(12-10-18)27-14(2)3/h7-14H,6H2,1-5H3. The van der Waals surface area contributed by atoms with Crippen LogP contribution >= 0.6 is 11.8 Å². The molecule has 0 saturated carbocycles. The van der Waals surface area contributed by atoms with Crippen LogP contribution in [-0.4, -0.2) is 23.7 Å². The van der Waals surface area contributed by atoms with Crippen LogP contribution in [0.2, 0.25) is 0 Å². The number of carbonyl (C=O) groups is 2. The Labute approximate surface area is 170 Å². The topological polar surface area (TPSA) is 46.6 Å². The van der Waals surface area contributed by atoms with Gasteiger partial charge in [0, 0.05) is 0 Å². The van der Waals surface area contributed by atoms with Gasteiger partial charge in [-0.2, -0.15) is 0 Å². The second-order valence-electron chi connectivity index (χ2n) is 7.04. The van der Waals surface area contributed by atoms with E-state index >= 15 is 0 Å². The van der Waals surface area contributed by atoms with E-state index in [1.54, 1.807) is 24.3 Å². The van der Waals surface area contributed by atoms with Gasteiger partial charge in [0.1, 0.15) is 5.75 Å². The van der Waals surface area contributed by atoms with E-state index in [0.29, 0.717) is 21.9 Å². The highest BCUT2D eigenvalue weighted by atomic mass is 32.2. The molecule has 3 rings (SSSR count). The molecule has 0 atom stereocenters. The van der Waals surface area contributed by atoms with Crippen LogP contribution in [0.3, 0.4) is 0 Å². The second-order valence-corrected chi connectivity index (χ2v) is 8.32. The summed E-state index contributed by atoms with van der Waals surface area (Å²) in [6, 6.07) is 13.0. The highest BCUT2D eigenvalue weighted by Crippen LogP contribution is 2.39. The molecule has 28 heavy (non-hydrogen) atoms. The van der Waals surface area contributed by atoms with E-state index in [-0.39, 0.29) is 17.9 Å². The van der Waals surface area contributed by atoms with Crippen molar-refractivity contribution in [2.75, 3.05) is 10.7 Å². The third-order valence-electron chi connectivity index (χ3n) is 4.59. The van der Waals surface area contributed by atoms with Crippen LogP contribution in [0.1, 0.15) is 37.5 Å². The highest BCUT2D eigenvalue weighted by Gasteiger charge is 2.40. The number of aryl methyl sites for hydroxylation is 2. The molecule has 0 aromatic heterocycles. The predicted octanol–water partition coefficient (Wildman–Crippen LogP) is 5.13. The van der Waals surface area contributed by atoms with Crippen LogP contribution in [-0.2, 0) is 9.59 Å². The van der Waals surface area contributed by atoms with Crippen LogP contribution in [0.15, 0.2) is 47.4 Å². The molecule has 0 bridgehead atoms. The molecule has 0 fully saturated rings. The number of rotatable bonds is 6. The lowest BCUT2D eigenvalue weighted by atomic mass is 10.0. The van der Waals surface area contributed by atoms with E-state index in [2.05, 4.69) is 0 Å². The number of ether oxygens (including phenoxy) is 1. The van der Waals surface area contributed by atoms with Gasteiger partial charge in [0.2, 0.25) is 0 Å². The van der Waals surface area contributed by atoms with Gasteiger partial charge in [0.05, 0.1) is 22.3 Å². The van der Waals surface area contributed by atoms with Crippen LogP contribution in [0.25, 0.3) is 5.57 Å². The van der Waals surface area contributed by atoms with Crippen LogP contribution < -0.4 is 9.64 Å². The van der Waals surface area contributed by atoms with Gasteiger partial charge in [0.15, 0.2) is 0 Å². The Bertz CT molecular complexity index is 945. The van der Waals surface area contributed by atoms with Crippen molar-refractivity contribution in [2.45, 2.75) is 40.7 Å². The van der Waals surface area contributed by atoms with E-state index in [1.807, 2.05) is 52.8 Å². The summed E-state index contributed by atoms with van der Waals surface area (Å²) >= 11 is 1.42. The largest absolute Gasteiger partial charge is 0.491 e. The number of benzene rings is 2. The summed E-state index contributed by atoms with van der Waals surface area (Å²) in [7, 11) is 0. The van der Waals surface area contributed by atoms with Crippen molar-refractivity contribution in [1.82, 2.24) is 0 Å². The zero-order chi connectivity index (χ0) is 20.4. The van der Waals surface area contributed by atoms with Gasteiger partial charge in [-0.1, -0.05) is 25.1 Å². The molecule has 2 aromatic rings. The molecule has 1 aliphatic rings. The van der Waals surface area contributed by atoms with Gasteiger partial charge in [0.25, 0.3) is 11.8 Å². The van der Waals surface area contributed by atoms with Crippen molar-refractivity contribution in [3.8, 4) is 5.75 Å².